The van der Waals surface area contributed by atoms with Crippen molar-refractivity contribution in [3.05, 3.63) is 11.9 Å². The maximum Gasteiger partial charge on any atom is 0.134 e. The van der Waals surface area contributed by atoms with E-state index in [-0.39, 0.29) is 0 Å². The van der Waals surface area contributed by atoms with Gasteiger partial charge in [-0.15, -0.1) is 0 Å². The van der Waals surface area contributed by atoms with Crippen LogP contribution in [-0.2, 0) is 0 Å². The number of anilines is 2. The van der Waals surface area contributed by atoms with Crippen molar-refractivity contribution in [2.75, 3.05) is 17.2 Å². The highest BCUT2D eigenvalue weighted by molar-refractivity contribution is 5.56. The summed E-state index contributed by atoms with van der Waals surface area (Å²) in [5, 5.41) is 7.01. The van der Waals surface area contributed by atoms with Crippen molar-refractivity contribution in [2.45, 2.75) is 71.3 Å². The molecule has 0 radical (unpaired) electrons. The molecule has 1 aromatic rings. The summed E-state index contributed by atoms with van der Waals surface area (Å²) in [6.07, 6.45) is 12.1. The lowest BCUT2D eigenvalue weighted by Gasteiger charge is -2.23. The number of nitrogens with zero attached hydrogens (tertiary/aromatic N) is 2. The first-order valence-electron chi connectivity index (χ1n) is 8.13. The second kappa shape index (κ2) is 8.08. The van der Waals surface area contributed by atoms with E-state index in [4.69, 9.17) is 0 Å². The van der Waals surface area contributed by atoms with E-state index in [0.29, 0.717) is 6.04 Å². The molecule has 1 fully saturated rings. The topological polar surface area (TPSA) is 49.8 Å². The van der Waals surface area contributed by atoms with Crippen LogP contribution in [-0.4, -0.2) is 22.6 Å². The smallest absolute Gasteiger partial charge is 0.134 e. The molecule has 1 heterocycles. The van der Waals surface area contributed by atoms with Crippen LogP contribution in [0, 0.1) is 6.92 Å². The Kier molecular flexibility index (Phi) is 6.09. The number of hydrogen-bond acceptors (Lipinski definition) is 4. The fourth-order valence-electron chi connectivity index (χ4n) is 2.81. The van der Waals surface area contributed by atoms with Crippen LogP contribution >= 0.6 is 0 Å². The summed E-state index contributed by atoms with van der Waals surface area (Å²) in [6.45, 7) is 5.22. The highest BCUT2D eigenvalue weighted by Gasteiger charge is 2.14. The molecule has 0 unspecified atom stereocenters. The molecule has 4 nitrogen and oxygen atoms in total. The molecule has 1 saturated carbocycles. The molecule has 1 aliphatic rings. The van der Waals surface area contributed by atoms with Gasteiger partial charge < -0.3 is 10.6 Å². The summed E-state index contributed by atoms with van der Waals surface area (Å²) < 4.78 is 0. The number of nitrogens with one attached hydrogen (secondary N) is 2. The molecule has 20 heavy (non-hydrogen) atoms. The van der Waals surface area contributed by atoms with Crippen molar-refractivity contribution in [3.63, 3.8) is 0 Å². The van der Waals surface area contributed by atoms with Gasteiger partial charge in [0.1, 0.15) is 18.0 Å². The minimum Gasteiger partial charge on any atom is -0.370 e. The van der Waals surface area contributed by atoms with Gasteiger partial charge >= 0.3 is 0 Å². The average Bonchev–Trinajstić information content (AvgIpc) is 2.42. The maximum atomic E-state index is 4.43. The van der Waals surface area contributed by atoms with Gasteiger partial charge in [0.25, 0.3) is 0 Å². The Labute approximate surface area is 122 Å². The minimum atomic E-state index is 0.572. The molecule has 0 amide bonds. The Morgan fingerprint density at radius 2 is 1.70 bits per heavy atom. The van der Waals surface area contributed by atoms with Gasteiger partial charge in [0, 0.05) is 18.2 Å². The first-order valence-corrected chi connectivity index (χ1v) is 8.13. The lowest BCUT2D eigenvalue weighted by atomic mass is 9.96. The third-order valence-corrected chi connectivity index (χ3v) is 4.07. The molecule has 2 rings (SSSR count). The molecule has 0 aliphatic heterocycles. The van der Waals surface area contributed by atoms with E-state index >= 15 is 0 Å². The lowest BCUT2D eigenvalue weighted by molar-refractivity contribution is 0.470. The predicted octanol–water partition coefficient (Wildman–Crippen LogP) is 4.13. The summed E-state index contributed by atoms with van der Waals surface area (Å²) >= 11 is 0. The van der Waals surface area contributed by atoms with Gasteiger partial charge in [-0.3, -0.25) is 0 Å². The van der Waals surface area contributed by atoms with Crippen LogP contribution < -0.4 is 10.6 Å². The molecular weight excluding hydrogens is 248 g/mol. The molecular formula is C16H28N4. The molecule has 0 spiro atoms. The first kappa shape index (κ1) is 15.1. The summed E-state index contributed by atoms with van der Waals surface area (Å²) in [4.78, 5) is 8.77. The van der Waals surface area contributed by atoms with Crippen molar-refractivity contribution in [1.82, 2.24) is 9.97 Å². The fourth-order valence-corrected chi connectivity index (χ4v) is 2.81. The molecule has 1 aliphatic carbocycles. The Bertz CT molecular complexity index is 397. The van der Waals surface area contributed by atoms with Crippen LogP contribution in [0.3, 0.4) is 0 Å². The highest BCUT2D eigenvalue weighted by Crippen LogP contribution is 2.23. The van der Waals surface area contributed by atoms with Gasteiger partial charge in [0.05, 0.1) is 0 Å². The SMILES string of the molecule is CCCNc1ncnc(NC2CCCCCCC2)c1C. The van der Waals surface area contributed by atoms with Crippen LogP contribution in [0.2, 0.25) is 0 Å². The van der Waals surface area contributed by atoms with Crippen molar-refractivity contribution in [3.8, 4) is 0 Å². The molecule has 112 valence electrons. The quantitative estimate of drug-likeness (QED) is 0.849. The van der Waals surface area contributed by atoms with E-state index in [2.05, 4.69) is 34.4 Å². The van der Waals surface area contributed by atoms with Crippen molar-refractivity contribution in [1.29, 1.82) is 0 Å². The molecule has 0 atom stereocenters. The summed E-state index contributed by atoms with van der Waals surface area (Å²) in [5.74, 6) is 1.97. The molecule has 0 bridgehead atoms. The highest BCUT2D eigenvalue weighted by atomic mass is 15.1. The Morgan fingerprint density at radius 1 is 1.05 bits per heavy atom. The average molecular weight is 276 g/mol. The van der Waals surface area contributed by atoms with Crippen LogP contribution in [0.15, 0.2) is 6.33 Å². The summed E-state index contributed by atoms with van der Waals surface area (Å²) in [6, 6.07) is 0.572. The molecule has 2 N–H and O–H groups in total. The zero-order valence-electron chi connectivity index (χ0n) is 12.9. The normalized spacial score (nSPS) is 17.3. The van der Waals surface area contributed by atoms with Gasteiger partial charge in [0.2, 0.25) is 0 Å². The van der Waals surface area contributed by atoms with Crippen molar-refractivity contribution >= 4 is 11.6 Å². The monoisotopic (exact) mass is 276 g/mol. The lowest BCUT2D eigenvalue weighted by Crippen LogP contribution is -2.22. The largest absolute Gasteiger partial charge is 0.370 e. The molecule has 4 heteroatoms. The maximum absolute atomic E-state index is 4.43. The van der Waals surface area contributed by atoms with Gasteiger partial charge in [-0.25, -0.2) is 9.97 Å². The number of rotatable bonds is 5. The van der Waals surface area contributed by atoms with Gasteiger partial charge in [-0.2, -0.15) is 0 Å². The van der Waals surface area contributed by atoms with Crippen LogP contribution in [0.25, 0.3) is 0 Å². The molecule has 0 aromatic carbocycles. The van der Waals surface area contributed by atoms with Crippen molar-refractivity contribution < 1.29 is 0 Å². The first-order chi connectivity index (χ1) is 9.81. The standard InChI is InChI=1S/C16H28N4/c1-3-11-17-15-13(2)16(19-12-18-15)20-14-9-7-5-4-6-8-10-14/h12,14H,3-11H2,1-2H3,(H2,17,18,19,20). The second-order valence-corrected chi connectivity index (χ2v) is 5.81. The van der Waals surface area contributed by atoms with Gasteiger partial charge in [-0.05, 0) is 26.2 Å². The number of hydrogen-bond donors (Lipinski definition) is 2. The van der Waals surface area contributed by atoms with Crippen LogP contribution in [0.5, 0.6) is 0 Å². The molecule has 1 aromatic heterocycles. The zero-order chi connectivity index (χ0) is 14.2. The fraction of sp³-hybridized carbons (Fsp3) is 0.750. The van der Waals surface area contributed by atoms with Crippen LogP contribution in [0.1, 0.15) is 63.9 Å². The van der Waals surface area contributed by atoms with Crippen molar-refractivity contribution in [2.24, 2.45) is 0 Å². The van der Waals surface area contributed by atoms with E-state index in [0.717, 1.165) is 30.2 Å². The Hall–Kier alpha value is -1.32. The van der Waals surface area contributed by atoms with E-state index < -0.39 is 0 Å². The predicted molar refractivity (Wildman–Crippen MR) is 85.3 cm³/mol. The summed E-state index contributed by atoms with van der Waals surface area (Å²) in [5.41, 5.74) is 1.14. The van der Waals surface area contributed by atoms with E-state index in [1.165, 1.54) is 44.9 Å². The van der Waals surface area contributed by atoms with Gasteiger partial charge in [0.15, 0.2) is 0 Å². The Balaban J connectivity index is 2.00. The minimum absolute atomic E-state index is 0.572. The van der Waals surface area contributed by atoms with E-state index in [1.54, 1.807) is 6.33 Å². The Morgan fingerprint density at radius 3 is 2.40 bits per heavy atom. The second-order valence-electron chi connectivity index (χ2n) is 5.81. The number of aromatic nitrogens is 2. The van der Waals surface area contributed by atoms with Crippen LogP contribution in [0.4, 0.5) is 11.6 Å². The summed E-state index contributed by atoms with van der Waals surface area (Å²) in [7, 11) is 0. The van der Waals surface area contributed by atoms with E-state index in [9.17, 15) is 0 Å². The van der Waals surface area contributed by atoms with E-state index in [1.807, 2.05) is 0 Å². The third kappa shape index (κ3) is 4.36. The zero-order valence-corrected chi connectivity index (χ0v) is 12.9. The molecule has 0 saturated heterocycles. The van der Waals surface area contributed by atoms with Gasteiger partial charge in [-0.1, -0.05) is 39.0 Å². The third-order valence-electron chi connectivity index (χ3n) is 4.07.